The van der Waals surface area contributed by atoms with Crippen LogP contribution in [0, 0.1) is 17.6 Å². The van der Waals surface area contributed by atoms with E-state index in [-0.39, 0.29) is 30.1 Å². The Labute approximate surface area is 261 Å². The average Bonchev–Trinajstić information content (AvgIpc) is 2.95. The number of carbonyl (C=O) groups excluding carboxylic acids is 2. The van der Waals surface area contributed by atoms with Crippen LogP contribution in [0.15, 0.2) is 60.7 Å². The van der Waals surface area contributed by atoms with Gasteiger partial charge in [0.1, 0.15) is 23.1 Å². The highest BCUT2D eigenvalue weighted by molar-refractivity contribution is 7.92. The summed E-state index contributed by atoms with van der Waals surface area (Å²) in [5.41, 5.74) is 5.87. The number of nitrogens with two attached hydrogens (primary N) is 1. The maximum atomic E-state index is 14.2. The molecule has 1 saturated heterocycles. The summed E-state index contributed by atoms with van der Waals surface area (Å²) in [6.07, 6.45) is 3.49. The summed E-state index contributed by atoms with van der Waals surface area (Å²) in [5, 5.41) is 5.25. The summed E-state index contributed by atoms with van der Waals surface area (Å²) in [5.74, 6) is -1.69. The number of ether oxygens (including phenoxy) is 1. The number of amides is 3. The number of likely N-dealkylation sites (tertiary alicyclic amines) is 1. The van der Waals surface area contributed by atoms with E-state index in [0.29, 0.717) is 29.7 Å². The van der Waals surface area contributed by atoms with Crippen molar-refractivity contribution in [3.63, 3.8) is 0 Å². The van der Waals surface area contributed by atoms with E-state index in [1.807, 2.05) is 31.2 Å². The van der Waals surface area contributed by atoms with Crippen molar-refractivity contribution in [3.05, 3.63) is 83.4 Å². The molecule has 1 unspecified atom stereocenters. The molecular formula is C30H36ClF2N5O5S. The lowest BCUT2D eigenvalue weighted by molar-refractivity contribution is 0.0996. The van der Waals surface area contributed by atoms with Gasteiger partial charge in [-0.3, -0.25) is 14.4 Å². The number of urea groups is 1. The lowest BCUT2D eigenvalue weighted by atomic mass is 9.88. The van der Waals surface area contributed by atoms with E-state index in [1.165, 1.54) is 0 Å². The molecule has 3 amide bonds. The molecule has 0 radical (unpaired) electrons. The first-order chi connectivity index (χ1) is 20.4. The van der Waals surface area contributed by atoms with Gasteiger partial charge in [-0.2, -0.15) is 0 Å². The van der Waals surface area contributed by atoms with Crippen LogP contribution in [0.1, 0.15) is 42.1 Å². The molecule has 1 atom stereocenters. The van der Waals surface area contributed by atoms with Crippen molar-refractivity contribution >= 4 is 45.7 Å². The maximum absolute atomic E-state index is 14.2. The quantitative estimate of drug-likeness (QED) is 0.217. The monoisotopic (exact) mass is 651 g/mol. The smallest absolute Gasteiger partial charge is 0.319 e. The molecule has 0 aromatic heterocycles. The third-order valence-corrected chi connectivity index (χ3v) is 7.86. The minimum absolute atomic E-state index is 0. The van der Waals surface area contributed by atoms with E-state index in [2.05, 4.69) is 20.3 Å². The van der Waals surface area contributed by atoms with Crippen LogP contribution in [-0.2, 0) is 16.6 Å². The molecule has 0 spiro atoms. The van der Waals surface area contributed by atoms with Crippen LogP contribution in [0.3, 0.4) is 0 Å². The number of primary amides is 1. The van der Waals surface area contributed by atoms with Crippen molar-refractivity contribution in [2.45, 2.75) is 38.8 Å². The second kappa shape index (κ2) is 15.2. The Morgan fingerprint density at radius 3 is 2.14 bits per heavy atom. The maximum Gasteiger partial charge on any atom is 0.319 e. The van der Waals surface area contributed by atoms with Crippen LogP contribution in [0.4, 0.5) is 25.0 Å². The number of benzene rings is 3. The van der Waals surface area contributed by atoms with Gasteiger partial charge in [-0.25, -0.2) is 22.0 Å². The molecule has 238 valence electrons. The van der Waals surface area contributed by atoms with Crippen molar-refractivity contribution in [1.29, 1.82) is 0 Å². The first-order valence-corrected chi connectivity index (χ1v) is 15.7. The van der Waals surface area contributed by atoms with Crippen molar-refractivity contribution in [1.82, 2.24) is 10.2 Å². The zero-order valence-corrected chi connectivity index (χ0v) is 25.9. The number of hydrogen-bond acceptors (Lipinski definition) is 6. The van der Waals surface area contributed by atoms with Gasteiger partial charge in [-0.1, -0.05) is 19.1 Å². The Balaban J connectivity index is 0.00000529. The number of halogens is 3. The fraction of sp³-hybridized carbons (Fsp3) is 0.333. The molecule has 1 fully saturated rings. The molecule has 3 aromatic carbocycles. The fourth-order valence-corrected chi connectivity index (χ4v) is 5.65. The second-order valence-corrected chi connectivity index (χ2v) is 12.3. The summed E-state index contributed by atoms with van der Waals surface area (Å²) in [6, 6.07) is 15.0. The fourth-order valence-electron chi connectivity index (χ4n) is 5.09. The highest BCUT2D eigenvalue weighted by Gasteiger charge is 2.27. The largest absolute Gasteiger partial charge is 0.457 e. The van der Waals surface area contributed by atoms with E-state index in [0.717, 1.165) is 50.4 Å². The third kappa shape index (κ3) is 9.79. The molecule has 1 heterocycles. The SMILES string of the molecule is CCC(NC(=O)Nc1cc(C(N)=O)c(F)cc1F)C1CCN(Cc2ccc(Oc3ccc(NS(C)(=O)=O)cc3)cc2)CC1.Cl. The molecule has 3 aromatic rings. The van der Waals surface area contributed by atoms with Gasteiger partial charge in [-0.05, 0) is 86.3 Å². The summed E-state index contributed by atoms with van der Waals surface area (Å²) < 4.78 is 58.9. The van der Waals surface area contributed by atoms with Crippen LogP contribution in [0.25, 0.3) is 0 Å². The first kappa shape index (κ1) is 34.5. The van der Waals surface area contributed by atoms with Gasteiger partial charge >= 0.3 is 6.03 Å². The summed E-state index contributed by atoms with van der Waals surface area (Å²) in [4.78, 5) is 26.3. The van der Waals surface area contributed by atoms with Gasteiger partial charge in [0, 0.05) is 24.3 Å². The first-order valence-electron chi connectivity index (χ1n) is 13.8. The highest BCUT2D eigenvalue weighted by Crippen LogP contribution is 2.27. The van der Waals surface area contributed by atoms with Crippen LogP contribution < -0.4 is 25.8 Å². The van der Waals surface area contributed by atoms with Crippen molar-refractivity contribution in [2.24, 2.45) is 11.7 Å². The van der Waals surface area contributed by atoms with Gasteiger partial charge in [-0.15, -0.1) is 12.4 Å². The number of hydrogen-bond donors (Lipinski definition) is 4. The molecule has 1 aliphatic heterocycles. The molecule has 0 saturated carbocycles. The molecule has 5 N–H and O–H groups in total. The van der Waals surface area contributed by atoms with Crippen LogP contribution in [0.5, 0.6) is 11.5 Å². The summed E-state index contributed by atoms with van der Waals surface area (Å²) >= 11 is 0. The van der Waals surface area contributed by atoms with Gasteiger partial charge in [0.15, 0.2) is 0 Å². The summed E-state index contributed by atoms with van der Waals surface area (Å²) in [7, 11) is -3.34. The van der Waals surface area contributed by atoms with Crippen LogP contribution >= 0.6 is 12.4 Å². The number of carbonyl (C=O) groups is 2. The van der Waals surface area contributed by atoms with Crippen molar-refractivity contribution < 1.29 is 31.5 Å². The normalized spacial score (nSPS) is 14.6. The molecule has 0 aliphatic carbocycles. The highest BCUT2D eigenvalue weighted by atomic mass is 35.5. The number of rotatable bonds is 11. The van der Waals surface area contributed by atoms with E-state index in [9.17, 15) is 26.8 Å². The lowest BCUT2D eigenvalue weighted by Crippen LogP contribution is -2.46. The molecule has 44 heavy (non-hydrogen) atoms. The third-order valence-electron chi connectivity index (χ3n) is 7.25. The predicted octanol–water partition coefficient (Wildman–Crippen LogP) is 5.46. The Morgan fingerprint density at radius 2 is 1.59 bits per heavy atom. The van der Waals surface area contributed by atoms with Crippen molar-refractivity contribution in [3.8, 4) is 11.5 Å². The van der Waals surface area contributed by atoms with E-state index in [1.54, 1.807) is 24.3 Å². The number of anilines is 2. The van der Waals surface area contributed by atoms with Gasteiger partial charge in [0.05, 0.1) is 17.5 Å². The number of sulfonamides is 1. The molecular weight excluding hydrogens is 616 g/mol. The molecule has 14 heteroatoms. The summed E-state index contributed by atoms with van der Waals surface area (Å²) in [6.45, 7) is 4.40. The number of nitrogens with zero attached hydrogens (tertiary/aromatic N) is 1. The van der Waals surface area contributed by atoms with Gasteiger partial charge in [0.2, 0.25) is 10.0 Å². The molecule has 4 rings (SSSR count). The molecule has 10 nitrogen and oxygen atoms in total. The minimum atomic E-state index is -3.34. The van der Waals surface area contributed by atoms with E-state index in [4.69, 9.17) is 10.5 Å². The van der Waals surface area contributed by atoms with Crippen LogP contribution in [0.2, 0.25) is 0 Å². The number of nitrogens with one attached hydrogen (secondary N) is 3. The van der Waals surface area contributed by atoms with Crippen molar-refractivity contribution in [2.75, 3.05) is 29.4 Å². The van der Waals surface area contributed by atoms with Crippen LogP contribution in [-0.4, -0.2) is 50.6 Å². The standard InChI is InChI=1S/C30H35F2N5O5S.ClH/c1-3-27(34-30(39)35-28-16-24(29(33)38)25(31)17-26(28)32)20-12-14-37(15-13-20)18-19-4-8-22(9-5-19)42-23-10-6-21(7-11-23)36-43(2,40)41;/h4-11,16-17,20,27,36H,3,12-15,18H2,1-2H3,(H2,33,38)(H2,34,35,39);1H. The zero-order valence-electron chi connectivity index (χ0n) is 24.3. The molecule has 0 bridgehead atoms. The van der Waals surface area contributed by atoms with Gasteiger partial charge in [0.25, 0.3) is 5.91 Å². The molecule has 1 aliphatic rings. The topological polar surface area (TPSA) is 143 Å². The van der Waals surface area contributed by atoms with E-state index < -0.39 is 39.2 Å². The van der Waals surface area contributed by atoms with Gasteiger partial charge < -0.3 is 21.1 Å². The minimum Gasteiger partial charge on any atom is -0.457 e. The van der Waals surface area contributed by atoms with E-state index >= 15 is 0 Å². The number of piperidine rings is 1. The zero-order chi connectivity index (χ0) is 31.1. The Kier molecular flexibility index (Phi) is 11.9. The lowest BCUT2D eigenvalue weighted by Gasteiger charge is -2.36. The average molecular weight is 652 g/mol. The second-order valence-electron chi connectivity index (χ2n) is 10.5. The Hall–Kier alpha value is -3.94. The Morgan fingerprint density at radius 1 is 1.00 bits per heavy atom. The Bertz CT molecular complexity index is 1550. The predicted molar refractivity (Wildman–Crippen MR) is 168 cm³/mol.